The summed E-state index contributed by atoms with van der Waals surface area (Å²) in [6.07, 6.45) is -0.882. The number of aliphatic carboxylic acids is 1. The van der Waals surface area contributed by atoms with Crippen molar-refractivity contribution < 1.29 is 19.4 Å². The highest BCUT2D eigenvalue weighted by Crippen LogP contribution is 2.68. The second kappa shape index (κ2) is 3.95. The number of rotatable bonds is 2. The van der Waals surface area contributed by atoms with Crippen molar-refractivity contribution in [1.29, 1.82) is 0 Å². The van der Waals surface area contributed by atoms with Crippen LogP contribution >= 0.6 is 0 Å². The Morgan fingerprint density at radius 3 is 2.22 bits per heavy atom. The number of hydrogen-bond donors (Lipinski definition) is 1. The van der Waals surface area contributed by atoms with Crippen molar-refractivity contribution in [3.8, 4) is 0 Å². The van der Waals surface area contributed by atoms with Gasteiger partial charge in [-0.05, 0) is 10.8 Å². The molecular formula is C13H21NO4. The van der Waals surface area contributed by atoms with E-state index in [1.54, 1.807) is 4.90 Å². The van der Waals surface area contributed by atoms with Crippen LogP contribution < -0.4 is 0 Å². The molecule has 0 aromatic rings. The Labute approximate surface area is 107 Å². The number of ether oxygens (including phenoxy) is 1. The second-order valence-electron chi connectivity index (χ2n) is 6.36. The maximum atomic E-state index is 12.4. The summed E-state index contributed by atoms with van der Waals surface area (Å²) in [5.41, 5.74) is -0.0256. The van der Waals surface area contributed by atoms with E-state index in [2.05, 4.69) is 27.7 Å². The first-order chi connectivity index (χ1) is 8.19. The fourth-order valence-corrected chi connectivity index (χ4v) is 3.00. The van der Waals surface area contributed by atoms with Gasteiger partial charge in [-0.3, -0.25) is 4.79 Å². The molecule has 5 nitrogen and oxygen atoms in total. The fourth-order valence-electron chi connectivity index (χ4n) is 3.00. The van der Waals surface area contributed by atoms with Crippen LogP contribution in [-0.4, -0.2) is 47.7 Å². The van der Waals surface area contributed by atoms with Crippen LogP contribution in [0.5, 0.6) is 0 Å². The van der Waals surface area contributed by atoms with Crippen molar-refractivity contribution in [2.75, 3.05) is 19.7 Å². The summed E-state index contributed by atoms with van der Waals surface area (Å²) < 4.78 is 5.13. The van der Waals surface area contributed by atoms with Crippen LogP contribution in [0.1, 0.15) is 27.7 Å². The Morgan fingerprint density at radius 1 is 1.22 bits per heavy atom. The summed E-state index contributed by atoms with van der Waals surface area (Å²) in [5, 5.41) is 8.93. The van der Waals surface area contributed by atoms with Gasteiger partial charge in [-0.15, -0.1) is 0 Å². The minimum Gasteiger partial charge on any atom is -0.479 e. The molecule has 0 bridgehead atoms. The first kappa shape index (κ1) is 13.3. The van der Waals surface area contributed by atoms with E-state index in [0.717, 1.165) is 0 Å². The second-order valence-corrected chi connectivity index (χ2v) is 6.36. The number of hydrogen-bond acceptors (Lipinski definition) is 3. The summed E-state index contributed by atoms with van der Waals surface area (Å²) in [6, 6.07) is 0. The van der Waals surface area contributed by atoms with Crippen LogP contribution in [0.15, 0.2) is 0 Å². The van der Waals surface area contributed by atoms with Crippen molar-refractivity contribution >= 4 is 11.9 Å². The molecule has 1 N–H and O–H groups in total. The normalized spacial score (nSPS) is 30.0. The molecule has 1 heterocycles. The molecule has 2 rings (SSSR count). The van der Waals surface area contributed by atoms with E-state index in [0.29, 0.717) is 13.2 Å². The molecule has 0 unspecified atom stereocenters. The van der Waals surface area contributed by atoms with Gasteiger partial charge in [0, 0.05) is 12.5 Å². The number of carbonyl (C=O) groups is 2. The lowest BCUT2D eigenvalue weighted by Crippen LogP contribution is -2.49. The number of carboxylic acid groups (broad SMARTS) is 1. The van der Waals surface area contributed by atoms with Crippen molar-refractivity contribution in [2.24, 2.45) is 16.7 Å². The highest BCUT2D eigenvalue weighted by molar-refractivity contribution is 5.85. The van der Waals surface area contributed by atoms with E-state index >= 15 is 0 Å². The number of carboxylic acids is 1. The Hall–Kier alpha value is -1.10. The molecule has 5 heteroatoms. The summed E-state index contributed by atoms with van der Waals surface area (Å²) in [7, 11) is 0. The highest BCUT2D eigenvalue weighted by atomic mass is 16.5. The Balaban J connectivity index is 2.05. The van der Waals surface area contributed by atoms with E-state index in [9.17, 15) is 9.59 Å². The summed E-state index contributed by atoms with van der Waals surface area (Å²) in [5.74, 6) is -0.945. The van der Waals surface area contributed by atoms with Gasteiger partial charge < -0.3 is 14.7 Å². The Morgan fingerprint density at radius 2 is 1.78 bits per heavy atom. The van der Waals surface area contributed by atoms with Crippen LogP contribution in [-0.2, 0) is 14.3 Å². The van der Waals surface area contributed by atoms with Gasteiger partial charge in [0.15, 0.2) is 6.10 Å². The molecule has 2 fully saturated rings. The molecule has 0 aromatic carbocycles. The molecule has 0 aromatic heterocycles. The molecular weight excluding hydrogens is 234 g/mol. The monoisotopic (exact) mass is 255 g/mol. The van der Waals surface area contributed by atoms with Crippen LogP contribution in [0.3, 0.4) is 0 Å². The van der Waals surface area contributed by atoms with Crippen LogP contribution in [0.25, 0.3) is 0 Å². The predicted molar refractivity (Wildman–Crippen MR) is 65.0 cm³/mol. The standard InChI is InChI=1S/C13H21NO4/c1-12(2)9(13(12,3)4)10(15)14-5-6-18-8(7-14)11(16)17/h8-9H,5-7H2,1-4H3,(H,16,17)/t8-/m1/s1. The van der Waals surface area contributed by atoms with Gasteiger partial charge in [0.2, 0.25) is 5.91 Å². The molecule has 102 valence electrons. The largest absolute Gasteiger partial charge is 0.479 e. The number of amides is 1. The first-order valence-corrected chi connectivity index (χ1v) is 6.33. The third-order valence-corrected chi connectivity index (χ3v) is 4.92. The third-order valence-electron chi connectivity index (χ3n) is 4.92. The molecule has 2 aliphatic rings. The molecule has 1 aliphatic heterocycles. The zero-order chi connectivity index (χ0) is 13.7. The van der Waals surface area contributed by atoms with Crippen molar-refractivity contribution in [3.63, 3.8) is 0 Å². The lowest BCUT2D eigenvalue weighted by atomic mass is 10.0. The molecule has 1 saturated heterocycles. The van der Waals surface area contributed by atoms with Crippen molar-refractivity contribution in [1.82, 2.24) is 4.90 Å². The lowest BCUT2D eigenvalue weighted by molar-refractivity contribution is -0.160. The smallest absolute Gasteiger partial charge is 0.334 e. The molecule has 1 amide bonds. The topological polar surface area (TPSA) is 66.8 Å². The molecule has 0 spiro atoms. The number of nitrogens with zero attached hydrogens (tertiary/aromatic N) is 1. The summed E-state index contributed by atoms with van der Waals surface area (Å²) >= 11 is 0. The minimum absolute atomic E-state index is 0.0128. The SMILES string of the molecule is CC1(C)C(C(=O)N2CCO[C@@H](C(=O)O)C2)C1(C)C. The zero-order valence-corrected chi connectivity index (χ0v) is 11.4. The van der Waals surface area contributed by atoms with Crippen LogP contribution in [0.4, 0.5) is 0 Å². The lowest BCUT2D eigenvalue weighted by Gasteiger charge is -2.31. The average Bonchev–Trinajstić information content (AvgIpc) is 2.69. The van der Waals surface area contributed by atoms with Crippen LogP contribution in [0, 0.1) is 16.7 Å². The zero-order valence-electron chi connectivity index (χ0n) is 11.4. The van der Waals surface area contributed by atoms with Crippen molar-refractivity contribution in [3.05, 3.63) is 0 Å². The first-order valence-electron chi connectivity index (χ1n) is 6.33. The van der Waals surface area contributed by atoms with Gasteiger partial charge in [0.05, 0.1) is 13.2 Å². The number of carbonyl (C=O) groups excluding carboxylic acids is 1. The van der Waals surface area contributed by atoms with Gasteiger partial charge in [-0.25, -0.2) is 4.79 Å². The maximum absolute atomic E-state index is 12.4. The average molecular weight is 255 g/mol. The molecule has 1 atom stereocenters. The maximum Gasteiger partial charge on any atom is 0.334 e. The quantitative estimate of drug-likeness (QED) is 0.798. The predicted octanol–water partition coefficient (Wildman–Crippen LogP) is 0.981. The van der Waals surface area contributed by atoms with Gasteiger partial charge in [0.25, 0.3) is 0 Å². The highest BCUT2D eigenvalue weighted by Gasteiger charge is 2.68. The Bertz CT molecular complexity index is 374. The van der Waals surface area contributed by atoms with Gasteiger partial charge in [-0.2, -0.15) is 0 Å². The van der Waals surface area contributed by atoms with Crippen LogP contribution in [0.2, 0.25) is 0 Å². The molecule has 1 saturated carbocycles. The van der Waals surface area contributed by atoms with E-state index in [1.807, 2.05) is 0 Å². The summed E-state index contributed by atoms with van der Waals surface area (Å²) in [4.78, 5) is 25.0. The van der Waals surface area contributed by atoms with Gasteiger partial charge >= 0.3 is 5.97 Å². The van der Waals surface area contributed by atoms with Gasteiger partial charge in [0.1, 0.15) is 0 Å². The summed E-state index contributed by atoms with van der Waals surface area (Å²) in [6.45, 7) is 9.31. The Kier molecular flexibility index (Phi) is 2.93. The van der Waals surface area contributed by atoms with E-state index < -0.39 is 12.1 Å². The molecule has 1 aliphatic carbocycles. The molecule has 18 heavy (non-hydrogen) atoms. The molecule has 0 radical (unpaired) electrons. The third kappa shape index (κ3) is 1.81. The fraction of sp³-hybridized carbons (Fsp3) is 0.846. The van der Waals surface area contributed by atoms with Crippen molar-refractivity contribution in [2.45, 2.75) is 33.8 Å². The van der Waals surface area contributed by atoms with E-state index in [1.165, 1.54) is 0 Å². The van der Waals surface area contributed by atoms with Gasteiger partial charge in [-0.1, -0.05) is 27.7 Å². The van der Waals surface area contributed by atoms with E-state index in [4.69, 9.17) is 9.84 Å². The number of morpholine rings is 1. The van der Waals surface area contributed by atoms with E-state index in [-0.39, 0.29) is 29.2 Å². The minimum atomic E-state index is -0.998.